The molecule has 0 heterocycles. The summed E-state index contributed by atoms with van der Waals surface area (Å²) in [6, 6.07) is 0. The Labute approximate surface area is 96.4 Å². The third kappa shape index (κ3) is 2.20. The number of rotatable bonds is 4. The Hall–Kier alpha value is -1.06. The van der Waals surface area contributed by atoms with Crippen molar-refractivity contribution in [1.29, 1.82) is 0 Å². The van der Waals surface area contributed by atoms with Crippen LogP contribution >= 0.6 is 0 Å². The first-order chi connectivity index (χ1) is 7.44. The van der Waals surface area contributed by atoms with E-state index in [0.717, 1.165) is 12.8 Å². The zero-order valence-corrected chi connectivity index (χ0v) is 10.2. The van der Waals surface area contributed by atoms with Crippen molar-refractivity contribution in [1.82, 2.24) is 5.32 Å². The molecule has 1 fully saturated rings. The van der Waals surface area contributed by atoms with E-state index in [1.165, 1.54) is 0 Å². The average molecular weight is 227 g/mol. The molecule has 0 aromatic rings. The minimum Gasteiger partial charge on any atom is -0.479 e. The van der Waals surface area contributed by atoms with Gasteiger partial charge in [0.15, 0.2) is 0 Å². The van der Waals surface area contributed by atoms with E-state index in [9.17, 15) is 14.7 Å². The molecule has 0 saturated heterocycles. The van der Waals surface area contributed by atoms with E-state index in [-0.39, 0.29) is 11.8 Å². The van der Waals surface area contributed by atoms with E-state index in [2.05, 4.69) is 5.32 Å². The number of carboxylic acid groups (broad SMARTS) is 1. The first-order valence-electron chi connectivity index (χ1n) is 5.88. The molecule has 4 nitrogen and oxygen atoms in total. The molecule has 1 aliphatic rings. The van der Waals surface area contributed by atoms with Crippen LogP contribution in [0, 0.1) is 17.8 Å². The molecule has 3 atom stereocenters. The Morgan fingerprint density at radius 1 is 1.50 bits per heavy atom. The van der Waals surface area contributed by atoms with E-state index in [1.807, 2.05) is 20.8 Å². The van der Waals surface area contributed by atoms with Gasteiger partial charge in [-0.05, 0) is 30.6 Å². The minimum atomic E-state index is -1.06. The summed E-state index contributed by atoms with van der Waals surface area (Å²) in [6.07, 6.45) is 2.97. The Kier molecular flexibility index (Phi) is 3.94. The van der Waals surface area contributed by atoms with Gasteiger partial charge in [-0.2, -0.15) is 0 Å². The summed E-state index contributed by atoms with van der Waals surface area (Å²) < 4.78 is 0. The molecule has 1 aliphatic carbocycles. The number of carboxylic acids is 1. The lowest BCUT2D eigenvalue weighted by molar-refractivity contribution is -0.153. The maximum absolute atomic E-state index is 11.5. The second-order valence-corrected chi connectivity index (χ2v) is 5.28. The summed E-state index contributed by atoms with van der Waals surface area (Å²) in [4.78, 5) is 22.2. The molecule has 2 N–H and O–H groups in total. The molecule has 0 aromatic heterocycles. The van der Waals surface area contributed by atoms with Crippen molar-refractivity contribution in [2.75, 3.05) is 0 Å². The standard InChI is InChI=1S/C12H21NO3/c1-8(2)10-5-4-9(3)6-12(10,11(15)16)13-7-14/h7-10H,4-6H2,1-3H3,(H,13,14)(H,15,16). The van der Waals surface area contributed by atoms with Gasteiger partial charge in [-0.1, -0.05) is 27.2 Å². The van der Waals surface area contributed by atoms with Crippen LogP contribution in [0.15, 0.2) is 0 Å². The van der Waals surface area contributed by atoms with Gasteiger partial charge < -0.3 is 10.4 Å². The third-order valence-electron chi connectivity index (χ3n) is 3.78. The van der Waals surface area contributed by atoms with Gasteiger partial charge in [0.2, 0.25) is 6.41 Å². The average Bonchev–Trinajstić information content (AvgIpc) is 2.17. The Morgan fingerprint density at radius 2 is 2.12 bits per heavy atom. The Morgan fingerprint density at radius 3 is 2.56 bits per heavy atom. The molecule has 1 saturated carbocycles. The number of amides is 1. The highest BCUT2D eigenvalue weighted by molar-refractivity contribution is 5.82. The highest BCUT2D eigenvalue weighted by atomic mass is 16.4. The van der Waals surface area contributed by atoms with Crippen molar-refractivity contribution in [2.24, 2.45) is 17.8 Å². The maximum Gasteiger partial charge on any atom is 0.329 e. The van der Waals surface area contributed by atoms with Crippen LogP contribution in [0.1, 0.15) is 40.0 Å². The number of aliphatic carboxylic acids is 1. The second kappa shape index (κ2) is 4.85. The molecule has 0 bridgehead atoms. The zero-order chi connectivity index (χ0) is 12.3. The molecule has 3 unspecified atom stereocenters. The van der Waals surface area contributed by atoms with Crippen LogP contribution in [-0.4, -0.2) is 23.0 Å². The van der Waals surface area contributed by atoms with Crippen molar-refractivity contribution >= 4 is 12.4 Å². The summed E-state index contributed by atoms with van der Waals surface area (Å²) in [5.41, 5.74) is -1.06. The molecule has 1 rings (SSSR count). The Balaban J connectivity index is 3.05. The van der Waals surface area contributed by atoms with E-state index in [1.54, 1.807) is 0 Å². The van der Waals surface area contributed by atoms with Crippen molar-refractivity contribution in [3.8, 4) is 0 Å². The first kappa shape index (κ1) is 13.0. The third-order valence-corrected chi connectivity index (χ3v) is 3.78. The largest absolute Gasteiger partial charge is 0.479 e. The van der Waals surface area contributed by atoms with Gasteiger partial charge in [0.05, 0.1) is 0 Å². The normalized spacial score (nSPS) is 34.8. The maximum atomic E-state index is 11.5. The summed E-state index contributed by atoms with van der Waals surface area (Å²) in [6.45, 7) is 6.08. The van der Waals surface area contributed by atoms with Crippen LogP contribution in [-0.2, 0) is 9.59 Å². The quantitative estimate of drug-likeness (QED) is 0.718. The van der Waals surface area contributed by atoms with Crippen molar-refractivity contribution in [2.45, 2.75) is 45.6 Å². The molecule has 0 aliphatic heterocycles. The lowest BCUT2D eigenvalue weighted by atomic mass is 9.65. The smallest absolute Gasteiger partial charge is 0.329 e. The van der Waals surface area contributed by atoms with Crippen LogP contribution in [0.3, 0.4) is 0 Å². The SMILES string of the molecule is CC1CCC(C(C)C)C(NC=O)(C(=O)O)C1. The summed E-state index contributed by atoms with van der Waals surface area (Å²) in [5.74, 6) is -0.272. The molecule has 0 radical (unpaired) electrons. The van der Waals surface area contributed by atoms with Crippen LogP contribution in [0.4, 0.5) is 0 Å². The summed E-state index contributed by atoms with van der Waals surface area (Å²) >= 11 is 0. The van der Waals surface area contributed by atoms with Gasteiger partial charge in [0.1, 0.15) is 5.54 Å². The minimum absolute atomic E-state index is 0.0198. The van der Waals surface area contributed by atoms with Gasteiger partial charge in [-0.25, -0.2) is 4.79 Å². The molecule has 1 amide bonds. The van der Waals surface area contributed by atoms with Gasteiger partial charge in [-0.15, -0.1) is 0 Å². The fourth-order valence-electron chi connectivity index (χ4n) is 2.99. The first-order valence-corrected chi connectivity index (χ1v) is 5.88. The van der Waals surface area contributed by atoms with Crippen LogP contribution < -0.4 is 5.32 Å². The molecular formula is C12H21NO3. The van der Waals surface area contributed by atoms with Crippen LogP contribution in [0.2, 0.25) is 0 Å². The van der Waals surface area contributed by atoms with E-state index in [0.29, 0.717) is 18.7 Å². The number of nitrogens with one attached hydrogen (secondary N) is 1. The van der Waals surface area contributed by atoms with Gasteiger partial charge in [0, 0.05) is 0 Å². The van der Waals surface area contributed by atoms with E-state index < -0.39 is 11.5 Å². The highest BCUT2D eigenvalue weighted by Gasteiger charge is 2.49. The number of carbonyl (C=O) groups is 2. The molecular weight excluding hydrogens is 206 g/mol. The van der Waals surface area contributed by atoms with E-state index >= 15 is 0 Å². The zero-order valence-electron chi connectivity index (χ0n) is 10.2. The van der Waals surface area contributed by atoms with Crippen molar-refractivity contribution in [3.63, 3.8) is 0 Å². The van der Waals surface area contributed by atoms with Crippen molar-refractivity contribution in [3.05, 3.63) is 0 Å². The van der Waals surface area contributed by atoms with E-state index in [4.69, 9.17) is 0 Å². The lowest BCUT2D eigenvalue weighted by Crippen LogP contribution is -2.61. The summed E-state index contributed by atoms with van der Waals surface area (Å²) in [5, 5.41) is 12.0. The highest BCUT2D eigenvalue weighted by Crippen LogP contribution is 2.41. The fourth-order valence-corrected chi connectivity index (χ4v) is 2.99. The topological polar surface area (TPSA) is 66.4 Å². The lowest BCUT2D eigenvalue weighted by Gasteiger charge is -2.44. The molecule has 4 heteroatoms. The fraction of sp³-hybridized carbons (Fsp3) is 0.833. The molecule has 16 heavy (non-hydrogen) atoms. The molecule has 92 valence electrons. The summed E-state index contributed by atoms with van der Waals surface area (Å²) in [7, 11) is 0. The van der Waals surface area contributed by atoms with Crippen LogP contribution in [0.25, 0.3) is 0 Å². The van der Waals surface area contributed by atoms with Gasteiger partial charge in [-0.3, -0.25) is 4.79 Å². The van der Waals surface area contributed by atoms with Gasteiger partial charge >= 0.3 is 5.97 Å². The van der Waals surface area contributed by atoms with Gasteiger partial charge in [0.25, 0.3) is 0 Å². The second-order valence-electron chi connectivity index (χ2n) is 5.28. The Bertz CT molecular complexity index is 277. The van der Waals surface area contributed by atoms with Crippen molar-refractivity contribution < 1.29 is 14.7 Å². The number of hydrogen-bond acceptors (Lipinski definition) is 2. The molecule has 0 aromatic carbocycles. The van der Waals surface area contributed by atoms with Crippen LogP contribution in [0.5, 0.6) is 0 Å². The predicted molar refractivity (Wildman–Crippen MR) is 60.9 cm³/mol. The molecule has 0 spiro atoms. The number of carbonyl (C=O) groups excluding carboxylic acids is 1. The predicted octanol–water partition coefficient (Wildman–Crippen LogP) is 1.65. The number of hydrogen-bond donors (Lipinski definition) is 2. The monoisotopic (exact) mass is 227 g/mol.